The molecule has 3 atom stereocenters. The van der Waals surface area contributed by atoms with Crippen LogP contribution in [0.2, 0.25) is 0 Å². The van der Waals surface area contributed by atoms with Crippen molar-refractivity contribution in [3.8, 4) is 5.75 Å². The van der Waals surface area contributed by atoms with Crippen molar-refractivity contribution in [2.75, 3.05) is 6.61 Å². The second kappa shape index (κ2) is 5.57. The van der Waals surface area contributed by atoms with E-state index in [2.05, 4.69) is 0 Å². The second-order valence-corrected chi connectivity index (χ2v) is 5.91. The highest BCUT2D eigenvalue weighted by Gasteiger charge is 2.60. The summed E-state index contributed by atoms with van der Waals surface area (Å²) in [6.45, 7) is 1.78. The normalized spacial score (nSPS) is 29.4. The van der Waals surface area contributed by atoms with Crippen LogP contribution in [0, 0.1) is 5.41 Å². The molecule has 23 heavy (non-hydrogen) atoms. The number of primary amides is 1. The lowest BCUT2D eigenvalue weighted by Gasteiger charge is -2.13. The number of cyclic esters (lactones) is 2. The largest absolute Gasteiger partial charge is 0.489 e. The number of ether oxygens (including phenoxy) is 3. The Morgan fingerprint density at radius 3 is 2.61 bits per heavy atom. The molecule has 2 fully saturated rings. The highest BCUT2D eigenvalue weighted by molar-refractivity contribution is 6.02. The zero-order valence-electron chi connectivity index (χ0n) is 12.6. The van der Waals surface area contributed by atoms with Gasteiger partial charge in [-0.05, 0) is 19.1 Å². The molecular weight excluding hydrogens is 302 g/mol. The van der Waals surface area contributed by atoms with E-state index in [9.17, 15) is 14.4 Å². The molecule has 2 aliphatic heterocycles. The summed E-state index contributed by atoms with van der Waals surface area (Å²) in [5, 5.41) is 0. The van der Waals surface area contributed by atoms with E-state index in [-0.39, 0.29) is 24.7 Å². The van der Waals surface area contributed by atoms with Gasteiger partial charge >= 0.3 is 11.9 Å². The standard InChI is InChI=1S/C16H17NO6/c1-9-6-16(14(19)22-9)7-10(23-15(16)20)8-21-12-5-3-2-4-11(12)13(17)18/h2-5,9-10H,6-8H2,1H3,(H2,17,18)/t9-,10-,16-/m1/s1. The third-order valence-corrected chi connectivity index (χ3v) is 4.15. The summed E-state index contributed by atoms with van der Waals surface area (Å²) in [6.07, 6.45) is -0.334. The molecule has 0 aromatic heterocycles. The summed E-state index contributed by atoms with van der Waals surface area (Å²) in [5.41, 5.74) is 4.32. The summed E-state index contributed by atoms with van der Waals surface area (Å²) < 4.78 is 15.9. The molecule has 1 amide bonds. The third-order valence-electron chi connectivity index (χ3n) is 4.15. The molecule has 0 radical (unpaired) electrons. The van der Waals surface area contributed by atoms with Crippen LogP contribution < -0.4 is 10.5 Å². The van der Waals surface area contributed by atoms with Crippen LogP contribution in [0.15, 0.2) is 24.3 Å². The molecule has 1 aromatic carbocycles. The number of benzene rings is 1. The van der Waals surface area contributed by atoms with Gasteiger partial charge in [0.05, 0.1) is 5.56 Å². The Balaban J connectivity index is 1.68. The summed E-state index contributed by atoms with van der Waals surface area (Å²) in [4.78, 5) is 35.4. The van der Waals surface area contributed by atoms with Crippen LogP contribution in [0.25, 0.3) is 0 Å². The topological polar surface area (TPSA) is 105 Å². The maximum atomic E-state index is 12.1. The molecule has 3 rings (SSSR count). The fraction of sp³-hybridized carbons (Fsp3) is 0.438. The molecule has 7 nitrogen and oxygen atoms in total. The van der Waals surface area contributed by atoms with Crippen LogP contribution in [0.3, 0.4) is 0 Å². The SMILES string of the molecule is C[C@@H]1C[C@@]2(C[C@H](COc3ccccc3C(N)=O)OC2=O)C(=O)O1. The first-order valence-electron chi connectivity index (χ1n) is 7.36. The van der Waals surface area contributed by atoms with Crippen LogP contribution in [0.4, 0.5) is 0 Å². The van der Waals surface area contributed by atoms with Crippen molar-refractivity contribution in [1.82, 2.24) is 0 Å². The molecule has 1 spiro atoms. The maximum Gasteiger partial charge on any atom is 0.324 e. The molecule has 0 aliphatic carbocycles. The van der Waals surface area contributed by atoms with E-state index in [0.717, 1.165) is 0 Å². The first kappa shape index (κ1) is 15.3. The number of carbonyl (C=O) groups is 3. The molecule has 1 aromatic rings. The third kappa shape index (κ3) is 2.62. The fourth-order valence-electron chi connectivity index (χ4n) is 3.09. The minimum atomic E-state index is -1.21. The molecule has 2 N–H and O–H groups in total. The van der Waals surface area contributed by atoms with Gasteiger partial charge in [-0.15, -0.1) is 0 Å². The van der Waals surface area contributed by atoms with Crippen molar-refractivity contribution in [3.05, 3.63) is 29.8 Å². The molecule has 0 bridgehead atoms. The molecule has 2 aliphatic rings. The molecule has 122 valence electrons. The van der Waals surface area contributed by atoms with E-state index in [1.165, 1.54) is 0 Å². The van der Waals surface area contributed by atoms with Crippen molar-refractivity contribution < 1.29 is 28.6 Å². The molecule has 0 saturated carbocycles. The van der Waals surface area contributed by atoms with E-state index in [1.807, 2.05) is 0 Å². The van der Waals surface area contributed by atoms with Gasteiger partial charge in [0.15, 0.2) is 5.41 Å². The van der Waals surface area contributed by atoms with Crippen molar-refractivity contribution >= 4 is 17.8 Å². The average molecular weight is 319 g/mol. The van der Waals surface area contributed by atoms with E-state index >= 15 is 0 Å². The van der Waals surface area contributed by atoms with Crippen LogP contribution in [-0.2, 0) is 19.1 Å². The van der Waals surface area contributed by atoms with E-state index < -0.39 is 29.4 Å². The van der Waals surface area contributed by atoms with Gasteiger partial charge < -0.3 is 19.9 Å². The van der Waals surface area contributed by atoms with Crippen molar-refractivity contribution in [3.63, 3.8) is 0 Å². The number of rotatable bonds is 4. The fourth-order valence-corrected chi connectivity index (χ4v) is 3.09. The lowest BCUT2D eigenvalue weighted by atomic mass is 9.82. The Bertz CT molecular complexity index is 672. The van der Waals surface area contributed by atoms with Crippen molar-refractivity contribution in [2.24, 2.45) is 11.1 Å². The number of nitrogens with two attached hydrogens (primary N) is 1. The summed E-state index contributed by atoms with van der Waals surface area (Å²) in [5.74, 6) is -1.38. The van der Waals surface area contributed by atoms with E-state index in [0.29, 0.717) is 12.2 Å². The van der Waals surface area contributed by atoms with Gasteiger partial charge in [-0.3, -0.25) is 14.4 Å². The Hall–Kier alpha value is -2.57. The molecular formula is C16H17NO6. The lowest BCUT2D eigenvalue weighted by molar-refractivity contribution is -0.158. The number of amides is 1. The highest BCUT2D eigenvalue weighted by Crippen LogP contribution is 2.44. The van der Waals surface area contributed by atoms with Crippen LogP contribution >= 0.6 is 0 Å². The zero-order valence-corrected chi connectivity index (χ0v) is 12.6. The second-order valence-electron chi connectivity index (χ2n) is 5.91. The van der Waals surface area contributed by atoms with Gasteiger partial charge in [-0.25, -0.2) is 0 Å². The van der Waals surface area contributed by atoms with Gasteiger partial charge in [0.1, 0.15) is 24.6 Å². The monoisotopic (exact) mass is 319 g/mol. The van der Waals surface area contributed by atoms with Gasteiger partial charge in [-0.1, -0.05) is 12.1 Å². The van der Waals surface area contributed by atoms with Gasteiger partial charge in [0.2, 0.25) is 0 Å². The molecule has 7 heteroatoms. The van der Waals surface area contributed by atoms with E-state index in [4.69, 9.17) is 19.9 Å². The maximum absolute atomic E-state index is 12.1. The minimum absolute atomic E-state index is 0.0411. The Morgan fingerprint density at radius 1 is 1.26 bits per heavy atom. The Kier molecular flexibility index (Phi) is 3.71. The van der Waals surface area contributed by atoms with Gasteiger partial charge in [0.25, 0.3) is 5.91 Å². The Labute approximate surface area is 132 Å². The minimum Gasteiger partial charge on any atom is -0.489 e. The smallest absolute Gasteiger partial charge is 0.324 e. The number of carbonyl (C=O) groups excluding carboxylic acids is 3. The zero-order chi connectivity index (χ0) is 16.6. The molecule has 2 heterocycles. The number of hydrogen-bond donors (Lipinski definition) is 1. The summed E-state index contributed by atoms with van der Waals surface area (Å²) in [7, 11) is 0. The van der Waals surface area contributed by atoms with Crippen molar-refractivity contribution in [1.29, 1.82) is 0 Å². The highest BCUT2D eigenvalue weighted by atomic mass is 16.6. The molecule has 0 unspecified atom stereocenters. The van der Waals surface area contributed by atoms with Crippen LogP contribution in [-0.4, -0.2) is 36.7 Å². The van der Waals surface area contributed by atoms with Gasteiger partial charge in [0, 0.05) is 12.8 Å². The van der Waals surface area contributed by atoms with Gasteiger partial charge in [-0.2, -0.15) is 0 Å². The predicted molar refractivity (Wildman–Crippen MR) is 77.6 cm³/mol. The first-order chi connectivity index (χ1) is 10.9. The summed E-state index contributed by atoms with van der Waals surface area (Å²) >= 11 is 0. The Morgan fingerprint density at radius 2 is 1.96 bits per heavy atom. The number of hydrogen-bond acceptors (Lipinski definition) is 6. The average Bonchev–Trinajstić information content (AvgIpc) is 2.97. The lowest BCUT2D eigenvalue weighted by Crippen LogP contribution is -2.31. The van der Waals surface area contributed by atoms with E-state index in [1.54, 1.807) is 31.2 Å². The number of para-hydroxylation sites is 1. The summed E-state index contributed by atoms with van der Waals surface area (Å²) in [6, 6.07) is 6.54. The molecule has 2 saturated heterocycles. The quantitative estimate of drug-likeness (QED) is 0.650. The van der Waals surface area contributed by atoms with Crippen LogP contribution in [0.1, 0.15) is 30.1 Å². The predicted octanol–water partition coefficient (Wildman–Crippen LogP) is 0.802. The first-order valence-corrected chi connectivity index (χ1v) is 7.36. The number of esters is 2. The van der Waals surface area contributed by atoms with Crippen LogP contribution in [0.5, 0.6) is 5.75 Å². The van der Waals surface area contributed by atoms with Crippen molar-refractivity contribution in [2.45, 2.75) is 32.0 Å².